The molecule has 4 nitrogen and oxygen atoms in total. The number of carbonyl (C=O) groups excluding carboxylic acids is 1. The predicted octanol–water partition coefficient (Wildman–Crippen LogP) is 1.66. The van der Waals surface area contributed by atoms with E-state index >= 15 is 0 Å². The second-order valence-electron chi connectivity index (χ2n) is 4.55. The second kappa shape index (κ2) is 6.09. The lowest BCUT2D eigenvalue weighted by Crippen LogP contribution is -2.37. The normalized spacial score (nSPS) is 12.9. The Morgan fingerprint density at radius 3 is 2.70 bits per heavy atom. The third kappa shape index (κ3) is 3.74. The number of benzene rings is 1. The first-order valence-corrected chi connectivity index (χ1v) is 6.19. The number of furan rings is 1. The Morgan fingerprint density at radius 2 is 2.05 bits per heavy atom. The van der Waals surface area contributed by atoms with E-state index in [1.807, 2.05) is 30.3 Å². The molecule has 1 amide bonds. The smallest absolute Gasteiger partial charge is 0.296 e. The van der Waals surface area contributed by atoms with Crippen molar-refractivity contribution in [3.63, 3.8) is 0 Å². The van der Waals surface area contributed by atoms with Crippen molar-refractivity contribution in [2.45, 2.75) is 12.5 Å². The summed E-state index contributed by atoms with van der Waals surface area (Å²) in [6.45, 7) is 1.60. The number of rotatable bonds is 3. The molecule has 1 aromatic carbocycles. The second-order valence-corrected chi connectivity index (χ2v) is 4.55. The van der Waals surface area contributed by atoms with E-state index in [1.165, 1.54) is 6.26 Å². The molecule has 1 atom stereocenters. The zero-order chi connectivity index (χ0) is 14.4. The van der Waals surface area contributed by atoms with E-state index in [2.05, 4.69) is 17.2 Å². The van der Waals surface area contributed by atoms with E-state index in [-0.39, 0.29) is 6.54 Å². The Bertz CT molecular complexity index is 619. The number of carbonyl (C=O) groups is 1. The van der Waals surface area contributed by atoms with Gasteiger partial charge in [0.2, 0.25) is 0 Å². The van der Waals surface area contributed by atoms with Crippen LogP contribution in [0.1, 0.15) is 18.2 Å². The lowest BCUT2D eigenvalue weighted by Gasteiger charge is -2.20. The standard InChI is InChI=1S/C16H15NO3/c1-16(19,14-8-5-11-20-14)12-17-15(18)10-9-13-6-3-2-4-7-13/h2-8,11,19H,12H2,1H3,(H,17,18). The van der Waals surface area contributed by atoms with Gasteiger partial charge in [-0.2, -0.15) is 0 Å². The van der Waals surface area contributed by atoms with Crippen LogP contribution in [0.3, 0.4) is 0 Å². The van der Waals surface area contributed by atoms with Gasteiger partial charge in [0.1, 0.15) is 11.4 Å². The first-order chi connectivity index (χ1) is 9.58. The van der Waals surface area contributed by atoms with Gasteiger partial charge >= 0.3 is 0 Å². The number of amides is 1. The molecule has 0 radical (unpaired) electrons. The lowest BCUT2D eigenvalue weighted by molar-refractivity contribution is -0.117. The summed E-state index contributed by atoms with van der Waals surface area (Å²) in [5.41, 5.74) is -0.492. The van der Waals surface area contributed by atoms with Crippen LogP contribution in [0, 0.1) is 11.8 Å². The summed E-state index contributed by atoms with van der Waals surface area (Å²) in [7, 11) is 0. The Labute approximate surface area is 117 Å². The van der Waals surface area contributed by atoms with E-state index in [4.69, 9.17) is 4.42 Å². The van der Waals surface area contributed by atoms with Gasteiger partial charge in [0.15, 0.2) is 0 Å². The van der Waals surface area contributed by atoms with Crippen molar-refractivity contribution in [1.29, 1.82) is 0 Å². The third-order valence-electron chi connectivity index (χ3n) is 2.74. The van der Waals surface area contributed by atoms with Gasteiger partial charge in [-0.15, -0.1) is 0 Å². The van der Waals surface area contributed by atoms with Gasteiger partial charge < -0.3 is 14.8 Å². The predicted molar refractivity (Wildman–Crippen MR) is 74.6 cm³/mol. The fraction of sp³-hybridized carbons (Fsp3) is 0.188. The van der Waals surface area contributed by atoms with Crippen LogP contribution in [0.4, 0.5) is 0 Å². The molecule has 1 aromatic heterocycles. The monoisotopic (exact) mass is 269 g/mol. The number of nitrogens with one attached hydrogen (secondary N) is 1. The average Bonchev–Trinajstić information content (AvgIpc) is 2.99. The summed E-state index contributed by atoms with van der Waals surface area (Å²) < 4.78 is 5.12. The molecule has 0 bridgehead atoms. The fourth-order valence-corrected chi connectivity index (χ4v) is 1.62. The minimum atomic E-state index is -1.26. The molecule has 0 aliphatic heterocycles. The van der Waals surface area contributed by atoms with Crippen molar-refractivity contribution in [2.75, 3.05) is 6.54 Å². The molecule has 1 heterocycles. The molecule has 102 valence electrons. The van der Waals surface area contributed by atoms with Gasteiger partial charge in [0.25, 0.3) is 5.91 Å². The van der Waals surface area contributed by atoms with E-state index in [0.717, 1.165) is 5.56 Å². The largest absolute Gasteiger partial charge is 0.466 e. The SMILES string of the molecule is CC(O)(CNC(=O)C#Cc1ccccc1)c1ccco1. The van der Waals surface area contributed by atoms with Crippen molar-refractivity contribution >= 4 is 5.91 Å². The van der Waals surface area contributed by atoms with Gasteiger partial charge in [-0.05, 0) is 31.2 Å². The molecule has 2 aromatic rings. The maximum atomic E-state index is 11.6. The minimum Gasteiger partial charge on any atom is -0.466 e. The van der Waals surface area contributed by atoms with Gasteiger partial charge in [-0.1, -0.05) is 24.1 Å². The summed E-state index contributed by atoms with van der Waals surface area (Å²) >= 11 is 0. The van der Waals surface area contributed by atoms with Gasteiger partial charge in [-0.25, -0.2) is 0 Å². The van der Waals surface area contributed by atoms with Crippen LogP contribution in [0.15, 0.2) is 53.1 Å². The highest BCUT2D eigenvalue weighted by molar-refractivity contribution is 5.94. The molecule has 0 spiro atoms. The molecule has 0 saturated heterocycles. The van der Waals surface area contributed by atoms with Crippen LogP contribution in [-0.4, -0.2) is 17.6 Å². The quantitative estimate of drug-likeness (QED) is 0.833. The van der Waals surface area contributed by atoms with Crippen LogP contribution in [-0.2, 0) is 10.4 Å². The molecular formula is C16H15NO3. The Morgan fingerprint density at radius 1 is 1.30 bits per heavy atom. The van der Waals surface area contributed by atoms with Crippen LogP contribution in [0.25, 0.3) is 0 Å². The van der Waals surface area contributed by atoms with Crippen LogP contribution in [0.5, 0.6) is 0 Å². The number of aliphatic hydroxyl groups is 1. The summed E-state index contributed by atoms with van der Waals surface area (Å²) in [4.78, 5) is 11.6. The van der Waals surface area contributed by atoms with E-state index in [9.17, 15) is 9.90 Å². The van der Waals surface area contributed by atoms with Gasteiger partial charge in [-0.3, -0.25) is 4.79 Å². The maximum absolute atomic E-state index is 11.6. The Hall–Kier alpha value is -2.51. The van der Waals surface area contributed by atoms with Crippen molar-refractivity contribution < 1.29 is 14.3 Å². The van der Waals surface area contributed by atoms with E-state index < -0.39 is 11.5 Å². The molecule has 2 N–H and O–H groups in total. The van der Waals surface area contributed by atoms with Crippen molar-refractivity contribution in [1.82, 2.24) is 5.32 Å². The zero-order valence-corrected chi connectivity index (χ0v) is 11.1. The lowest BCUT2D eigenvalue weighted by atomic mass is 10.0. The highest BCUT2D eigenvalue weighted by Gasteiger charge is 2.26. The molecule has 0 fully saturated rings. The summed E-state index contributed by atoms with van der Waals surface area (Å²) in [6, 6.07) is 12.6. The van der Waals surface area contributed by atoms with Crippen LogP contribution in [0.2, 0.25) is 0 Å². The molecule has 1 unspecified atom stereocenters. The van der Waals surface area contributed by atoms with Crippen LogP contribution >= 0.6 is 0 Å². The molecule has 0 aliphatic rings. The summed E-state index contributed by atoms with van der Waals surface area (Å²) in [5, 5.41) is 12.7. The third-order valence-corrected chi connectivity index (χ3v) is 2.74. The molecule has 2 rings (SSSR count). The molecular weight excluding hydrogens is 254 g/mol. The average molecular weight is 269 g/mol. The van der Waals surface area contributed by atoms with Gasteiger partial charge in [0.05, 0.1) is 12.8 Å². The van der Waals surface area contributed by atoms with Crippen molar-refractivity contribution in [2.24, 2.45) is 0 Å². The molecule has 4 heteroatoms. The Balaban J connectivity index is 1.92. The number of hydrogen-bond acceptors (Lipinski definition) is 3. The maximum Gasteiger partial charge on any atom is 0.296 e. The topological polar surface area (TPSA) is 62.5 Å². The van der Waals surface area contributed by atoms with Crippen LogP contribution < -0.4 is 5.32 Å². The molecule has 0 saturated carbocycles. The number of hydrogen-bond donors (Lipinski definition) is 2. The van der Waals surface area contributed by atoms with E-state index in [1.54, 1.807) is 19.1 Å². The minimum absolute atomic E-state index is 0.0306. The highest BCUT2D eigenvalue weighted by atomic mass is 16.4. The van der Waals surface area contributed by atoms with Crippen molar-refractivity contribution in [3.8, 4) is 11.8 Å². The summed E-state index contributed by atoms with van der Waals surface area (Å²) in [6.07, 6.45) is 1.47. The molecule has 0 aliphatic carbocycles. The summed E-state index contributed by atoms with van der Waals surface area (Å²) in [5.74, 6) is 5.18. The van der Waals surface area contributed by atoms with Crippen molar-refractivity contribution in [3.05, 3.63) is 60.1 Å². The Kier molecular flexibility index (Phi) is 4.24. The molecule has 20 heavy (non-hydrogen) atoms. The fourth-order valence-electron chi connectivity index (χ4n) is 1.62. The first-order valence-electron chi connectivity index (χ1n) is 6.19. The van der Waals surface area contributed by atoms with Gasteiger partial charge in [0, 0.05) is 11.5 Å². The zero-order valence-electron chi connectivity index (χ0n) is 11.1. The highest BCUT2D eigenvalue weighted by Crippen LogP contribution is 2.19. The van der Waals surface area contributed by atoms with E-state index in [0.29, 0.717) is 5.76 Å². The first kappa shape index (κ1) is 13.9.